The average molecular weight is 344 g/mol. The lowest BCUT2D eigenvalue weighted by molar-refractivity contribution is 0.115. The Morgan fingerprint density at radius 2 is 2.11 bits per heavy atom. The zero-order valence-corrected chi connectivity index (χ0v) is 13.6. The van der Waals surface area contributed by atoms with Crippen LogP contribution in [0.2, 0.25) is 5.02 Å². The third-order valence-corrected chi connectivity index (χ3v) is 5.31. The topological polar surface area (TPSA) is 6.48 Å². The molecule has 0 amide bonds. The molecule has 4 heteroatoms. The van der Waals surface area contributed by atoms with E-state index in [9.17, 15) is 0 Å². The summed E-state index contributed by atoms with van der Waals surface area (Å²) < 4.78 is 1.15. The van der Waals surface area contributed by atoms with Gasteiger partial charge in [0.25, 0.3) is 0 Å². The second-order valence-corrected chi connectivity index (χ2v) is 7.03. The molecule has 2 unspecified atom stereocenters. The molecule has 0 aliphatic carbocycles. The van der Waals surface area contributed by atoms with Crippen LogP contribution in [-0.2, 0) is 0 Å². The van der Waals surface area contributed by atoms with Crippen LogP contribution in [0.15, 0.2) is 22.7 Å². The fraction of sp³-hybridized carbons (Fsp3) is 0.600. The van der Waals surface area contributed by atoms with E-state index >= 15 is 0 Å². The molecule has 0 spiro atoms. The molecule has 0 N–H and O–H groups in total. The van der Waals surface area contributed by atoms with E-state index in [0.29, 0.717) is 6.04 Å². The van der Waals surface area contributed by atoms with Gasteiger partial charge in [-0.25, -0.2) is 0 Å². The molecule has 2 nitrogen and oxygen atoms in total. The van der Waals surface area contributed by atoms with Gasteiger partial charge in [-0.1, -0.05) is 18.0 Å². The Morgan fingerprint density at radius 1 is 1.26 bits per heavy atom. The number of halogens is 2. The molecule has 0 bridgehead atoms. The van der Waals surface area contributed by atoms with E-state index in [4.69, 9.17) is 11.6 Å². The standard InChI is InChI=1S/C15H20BrClN2/c1-11-9-18-7-3-2-4-13(18)10-19(11)15-8-12(17)5-6-14(15)16/h5-6,8,11,13H,2-4,7,9-10H2,1H3. The average Bonchev–Trinajstić information content (AvgIpc) is 2.41. The fourth-order valence-corrected chi connectivity index (χ4v) is 4.03. The van der Waals surface area contributed by atoms with Gasteiger partial charge in [-0.05, 0) is 60.4 Å². The van der Waals surface area contributed by atoms with E-state index in [1.807, 2.05) is 6.07 Å². The quantitative estimate of drug-likeness (QED) is 0.755. The van der Waals surface area contributed by atoms with Crippen molar-refractivity contribution >= 4 is 33.2 Å². The molecule has 0 aromatic heterocycles. The fourth-order valence-electron chi connectivity index (χ4n) is 3.39. The van der Waals surface area contributed by atoms with Gasteiger partial charge in [0, 0.05) is 34.7 Å². The zero-order chi connectivity index (χ0) is 13.4. The highest BCUT2D eigenvalue weighted by molar-refractivity contribution is 9.10. The number of nitrogens with zero attached hydrogens (tertiary/aromatic N) is 2. The van der Waals surface area contributed by atoms with Gasteiger partial charge in [-0.15, -0.1) is 0 Å². The van der Waals surface area contributed by atoms with Crippen molar-refractivity contribution in [3.63, 3.8) is 0 Å². The van der Waals surface area contributed by atoms with Crippen LogP contribution in [0.1, 0.15) is 26.2 Å². The highest BCUT2D eigenvalue weighted by Crippen LogP contribution is 2.34. The normalized spacial score (nSPS) is 28.3. The second-order valence-electron chi connectivity index (χ2n) is 5.74. The van der Waals surface area contributed by atoms with Gasteiger partial charge in [0.15, 0.2) is 0 Å². The van der Waals surface area contributed by atoms with Crippen molar-refractivity contribution in [1.82, 2.24) is 4.90 Å². The third-order valence-electron chi connectivity index (χ3n) is 4.40. The number of hydrogen-bond acceptors (Lipinski definition) is 2. The Labute approximate surface area is 128 Å². The third kappa shape index (κ3) is 2.79. The van der Waals surface area contributed by atoms with Gasteiger partial charge in [0.2, 0.25) is 0 Å². The predicted octanol–water partition coefficient (Wildman–Crippen LogP) is 4.17. The van der Waals surface area contributed by atoms with Crippen LogP contribution < -0.4 is 4.90 Å². The van der Waals surface area contributed by atoms with Crippen LogP contribution in [0.3, 0.4) is 0 Å². The number of benzene rings is 1. The Kier molecular flexibility index (Phi) is 4.06. The first-order valence-corrected chi connectivity index (χ1v) is 8.28. The first-order valence-electron chi connectivity index (χ1n) is 7.11. The second kappa shape index (κ2) is 5.63. The molecule has 3 rings (SSSR count). The summed E-state index contributed by atoms with van der Waals surface area (Å²) in [5.41, 5.74) is 1.24. The van der Waals surface area contributed by atoms with Crippen molar-refractivity contribution in [3.8, 4) is 0 Å². The highest BCUT2D eigenvalue weighted by atomic mass is 79.9. The Bertz CT molecular complexity index is 465. The first-order chi connectivity index (χ1) is 9.15. The molecule has 0 saturated carbocycles. The summed E-state index contributed by atoms with van der Waals surface area (Å²) in [5.74, 6) is 0. The van der Waals surface area contributed by atoms with Crippen molar-refractivity contribution in [2.45, 2.75) is 38.3 Å². The number of piperazine rings is 1. The number of rotatable bonds is 1. The van der Waals surface area contributed by atoms with Crippen LogP contribution in [0.4, 0.5) is 5.69 Å². The maximum absolute atomic E-state index is 6.16. The van der Waals surface area contributed by atoms with Crippen LogP contribution in [0.5, 0.6) is 0 Å². The molecule has 2 aliphatic rings. The molecule has 2 saturated heterocycles. The predicted molar refractivity (Wildman–Crippen MR) is 85.2 cm³/mol. The van der Waals surface area contributed by atoms with Gasteiger partial charge < -0.3 is 4.90 Å². The zero-order valence-electron chi connectivity index (χ0n) is 11.3. The van der Waals surface area contributed by atoms with Crippen LogP contribution in [0, 0.1) is 0 Å². The molecule has 1 aromatic carbocycles. The minimum atomic E-state index is 0.545. The molecule has 0 radical (unpaired) electrons. The Balaban J connectivity index is 1.85. The van der Waals surface area contributed by atoms with Crippen LogP contribution >= 0.6 is 27.5 Å². The van der Waals surface area contributed by atoms with Crippen molar-refractivity contribution in [1.29, 1.82) is 0 Å². The lowest BCUT2D eigenvalue weighted by atomic mass is 9.96. The van der Waals surface area contributed by atoms with Gasteiger partial charge in [0.1, 0.15) is 0 Å². The van der Waals surface area contributed by atoms with Crippen LogP contribution in [0.25, 0.3) is 0 Å². The van der Waals surface area contributed by atoms with E-state index in [1.54, 1.807) is 0 Å². The molecule has 2 atom stereocenters. The summed E-state index contributed by atoms with van der Waals surface area (Å²) in [7, 11) is 0. The van der Waals surface area contributed by atoms with Crippen molar-refractivity contribution < 1.29 is 0 Å². The molecule has 2 fully saturated rings. The van der Waals surface area contributed by atoms with E-state index in [-0.39, 0.29) is 0 Å². The van der Waals surface area contributed by atoms with Crippen LogP contribution in [-0.4, -0.2) is 36.6 Å². The summed E-state index contributed by atoms with van der Waals surface area (Å²) in [6.45, 7) is 5.89. The first kappa shape index (κ1) is 13.7. The number of hydrogen-bond donors (Lipinski definition) is 0. The molecule has 104 valence electrons. The molecule has 2 heterocycles. The summed E-state index contributed by atoms with van der Waals surface area (Å²) in [6, 6.07) is 7.34. The monoisotopic (exact) mass is 342 g/mol. The van der Waals surface area contributed by atoms with E-state index in [1.165, 1.54) is 38.0 Å². The molecular formula is C15H20BrClN2. The smallest absolute Gasteiger partial charge is 0.0528 e. The number of piperidine rings is 1. The van der Waals surface area contributed by atoms with Gasteiger partial charge in [0.05, 0.1) is 5.69 Å². The summed E-state index contributed by atoms with van der Waals surface area (Å²) in [5, 5.41) is 0.816. The minimum absolute atomic E-state index is 0.545. The highest BCUT2D eigenvalue weighted by Gasteiger charge is 2.33. The van der Waals surface area contributed by atoms with Gasteiger partial charge in [-0.3, -0.25) is 4.90 Å². The molecule has 2 aliphatic heterocycles. The maximum atomic E-state index is 6.16. The minimum Gasteiger partial charge on any atom is -0.365 e. The summed E-state index contributed by atoms with van der Waals surface area (Å²) in [4.78, 5) is 5.19. The van der Waals surface area contributed by atoms with Gasteiger partial charge >= 0.3 is 0 Å². The van der Waals surface area contributed by atoms with E-state index in [0.717, 1.165) is 22.1 Å². The van der Waals surface area contributed by atoms with Crippen molar-refractivity contribution in [2.75, 3.05) is 24.5 Å². The Morgan fingerprint density at radius 3 is 2.95 bits per heavy atom. The molecule has 19 heavy (non-hydrogen) atoms. The molecule has 1 aromatic rings. The van der Waals surface area contributed by atoms with Crippen molar-refractivity contribution in [3.05, 3.63) is 27.7 Å². The van der Waals surface area contributed by atoms with Gasteiger partial charge in [-0.2, -0.15) is 0 Å². The van der Waals surface area contributed by atoms with E-state index < -0.39 is 0 Å². The van der Waals surface area contributed by atoms with Crippen molar-refractivity contribution in [2.24, 2.45) is 0 Å². The molecular weight excluding hydrogens is 324 g/mol. The lowest BCUT2D eigenvalue weighted by Gasteiger charge is -2.48. The largest absolute Gasteiger partial charge is 0.365 e. The Hall–Kier alpha value is -0.250. The summed E-state index contributed by atoms with van der Waals surface area (Å²) >= 11 is 9.83. The van der Waals surface area contributed by atoms with E-state index in [2.05, 4.69) is 44.8 Å². The number of anilines is 1. The summed E-state index contributed by atoms with van der Waals surface area (Å²) in [6.07, 6.45) is 4.07. The maximum Gasteiger partial charge on any atom is 0.0528 e. The lowest BCUT2D eigenvalue weighted by Crippen LogP contribution is -2.58. The SMILES string of the molecule is CC1CN2CCCCC2CN1c1cc(Cl)ccc1Br. The number of fused-ring (bicyclic) bond motifs is 1.